The van der Waals surface area contributed by atoms with Gasteiger partial charge in [0.1, 0.15) is 5.82 Å². The molecule has 0 bridgehead atoms. The van der Waals surface area contributed by atoms with E-state index in [9.17, 15) is 4.79 Å². The number of nitrogens with one attached hydrogen (secondary N) is 2. The van der Waals surface area contributed by atoms with Crippen molar-refractivity contribution < 1.29 is 9.53 Å². The van der Waals surface area contributed by atoms with Gasteiger partial charge in [-0.05, 0) is 13.3 Å². The predicted molar refractivity (Wildman–Crippen MR) is 63.0 cm³/mol. The SMILES string of the molecule is CCCCNC(=O)Nc1nc(C)nc(OC)n1. The number of hydrogen-bond donors (Lipinski definition) is 2. The highest BCUT2D eigenvalue weighted by Crippen LogP contribution is 2.05. The Kier molecular flexibility index (Phi) is 5.12. The molecular weight excluding hydrogens is 222 g/mol. The monoisotopic (exact) mass is 239 g/mol. The molecule has 0 aliphatic rings. The average Bonchev–Trinajstić information content (AvgIpc) is 2.28. The van der Waals surface area contributed by atoms with Crippen molar-refractivity contribution >= 4 is 12.0 Å². The first-order valence-electron chi connectivity index (χ1n) is 5.47. The highest BCUT2D eigenvalue weighted by molar-refractivity contribution is 5.87. The van der Waals surface area contributed by atoms with Gasteiger partial charge >= 0.3 is 12.0 Å². The van der Waals surface area contributed by atoms with E-state index in [0.717, 1.165) is 12.8 Å². The quantitative estimate of drug-likeness (QED) is 0.751. The zero-order valence-corrected chi connectivity index (χ0v) is 10.3. The van der Waals surface area contributed by atoms with Crippen molar-refractivity contribution in [2.45, 2.75) is 26.7 Å². The lowest BCUT2D eigenvalue weighted by atomic mass is 10.3. The van der Waals surface area contributed by atoms with E-state index >= 15 is 0 Å². The maximum Gasteiger partial charge on any atom is 0.321 e. The topological polar surface area (TPSA) is 89.0 Å². The summed E-state index contributed by atoms with van der Waals surface area (Å²) < 4.78 is 4.88. The van der Waals surface area contributed by atoms with Gasteiger partial charge in [-0.1, -0.05) is 13.3 Å². The van der Waals surface area contributed by atoms with Crippen LogP contribution in [0.1, 0.15) is 25.6 Å². The maximum absolute atomic E-state index is 11.4. The molecule has 0 aliphatic carbocycles. The molecule has 0 atom stereocenters. The second-order valence-electron chi connectivity index (χ2n) is 3.43. The number of ether oxygens (including phenoxy) is 1. The van der Waals surface area contributed by atoms with E-state index in [1.54, 1.807) is 6.92 Å². The minimum absolute atomic E-state index is 0.182. The number of aryl methyl sites for hydroxylation is 1. The fraction of sp³-hybridized carbons (Fsp3) is 0.600. The number of unbranched alkanes of at least 4 members (excludes halogenated alkanes) is 1. The van der Waals surface area contributed by atoms with Gasteiger partial charge < -0.3 is 10.1 Å². The van der Waals surface area contributed by atoms with Crippen LogP contribution in [0.15, 0.2) is 0 Å². The lowest BCUT2D eigenvalue weighted by Crippen LogP contribution is -2.30. The highest BCUT2D eigenvalue weighted by atomic mass is 16.5. The normalized spacial score (nSPS) is 9.82. The van der Waals surface area contributed by atoms with Crippen LogP contribution in [0.3, 0.4) is 0 Å². The van der Waals surface area contributed by atoms with Gasteiger partial charge in [0.05, 0.1) is 7.11 Å². The van der Waals surface area contributed by atoms with E-state index in [1.807, 2.05) is 0 Å². The van der Waals surface area contributed by atoms with Crippen LogP contribution >= 0.6 is 0 Å². The zero-order chi connectivity index (χ0) is 12.7. The summed E-state index contributed by atoms with van der Waals surface area (Å²) >= 11 is 0. The van der Waals surface area contributed by atoms with Gasteiger partial charge in [-0.15, -0.1) is 0 Å². The summed E-state index contributed by atoms with van der Waals surface area (Å²) in [5.74, 6) is 0.670. The van der Waals surface area contributed by atoms with Gasteiger partial charge in [0.15, 0.2) is 0 Å². The molecule has 0 fully saturated rings. The van der Waals surface area contributed by atoms with Crippen LogP contribution in [0, 0.1) is 6.92 Å². The summed E-state index contributed by atoms with van der Waals surface area (Å²) in [7, 11) is 1.46. The highest BCUT2D eigenvalue weighted by Gasteiger charge is 2.07. The molecule has 0 radical (unpaired) electrons. The standard InChI is InChI=1S/C10H17N5O2/c1-4-5-6-11-9(16)14-8-12-7(2)13-10(15-8)17-3/h4-6H2,1-3H3,(H2,11,12,13,14,15,16). The third-order valence-electron chi connectivity index (χ3n) is 1.95. The minimum Gasteiger partial charge on any atom is -0.467 e. The third-order valence-corrected chi connectivity index (χ3v) is 1.95. The summed E-state index contributed by atoms with van der Waals surface area (Å²) in [5, 5.41) is 5.22. The Morgan fingerprint density at radius 3 is 2.76 bits per heavy atom. The van der Waals surface area contributed by atoms with E-state index in [4.69, 9.17) is 4.74 Å². The van der Waals surface area contributed by atoms with Crippen LogP contribution in [-0.4, -0.2) is 34.6 Å². The lowest BCUT2D eigenvalue weighted by molar-refractivity contribution is 0.251. The number of amides is 2. The van der Waals surface area contributed by atoms with E-state index < -0.39 is 0 Å². The van der Waals surface area contributed by atoms with Crippen LogP contribution in [0.5, 0.6) is 6.01 Å². The number of rotatable bonds is 5. The van der Waals surface area contributed by atoms with Gasteiger partial charge in [-0.2, -0.15) is 15.0 Å². The number of urea groups is 1. The molecule has 0 saturated carbocycles. The molecule has 1 aromatic heterocycles. The molecular formula is C10H17N5O2. The smallest absolute Gasteiger partial charge is 0.321 e. The first-order chi connectivity index (χ1) is 8.15. The molecule has 94 valence electrons. The number of aromatic nitrogens is 3. The van der Waals surface area contributed by atoms with Gasteiger partial charge in [-0.3, -0.25) is 5.32 Å². The van der Waals surface area contributed by atoms with Gasteiger partial charge in [0.25, 0.3) is 0 Å². The van der Waals surface area contributed by atoms with Crippen molar-refractivity contribution in [3.63, 3.8) is 0 Å². The number of anilines is 1. The Hall–Kier alpha value is -1.92. The first-order valence-corrected chi connectivity index (χ1v) is 5.47. The maximum atomic E-state index is 11.4. The lowest BCUT2D eigenvalue weighted by Gasteiger charge is -2.06. The van der Waals surface area contributed by atoms with Crippen LogP contribution in [0.25, 0.3) is 0 Å². The molecule has 1 aromatic rings. The van der Waals surface area contributed by atoms with Gasteiger partial charge in [-0.25, -0.2) is 4.79 Å². The van der Waals surface area contributed by atoms with Crippen molar-refractivity contribution in [2.75, 3.05) is 19.0 Å². The first kappa shape index (κ1) is 13.1. The van der Waals surface area contributed by atoms with Crippen LogP contribution in [-0.2, 0) is 0 Å². The van der Waals surface area contributed by atoms with Crippen molar-refractivity contribution in [3.8, 4) is 6.01 Å². The Labute approximate surface area is 100 Å². The third kappa shape index (κ3) is 4.62. The van der Waals surface area contributed by atoms with Crippen molar-refractivity contribution in [2.24, 2.45) is 0 Å². The Morgan fingerprint density at radius 1 is 1.35 bits per heavy atom. The van der Waals surface area contributed by atoms with Crippen LogP contribution in [0.4, 0.5) is 10.7 Å². The van der Waals surface area contributed by atoms with Crippen molar-refractivity contribution in [3.05, 3.63) is 5.82 Å². The van der Waals surface area contributed by atoms with Crippen LogP contribution in [0.2, 0.25) is 0 Å². The molecule has 0 saturated heterocycles. The van der Waals surface area contributed by atoms with Crippen molar-refractivity contribution in [1.29, 1.82) is 0 Å². The van der Waals surface area contributed by atoms with Gasteiger partial charge in [0, 0.05) is 6.54 Å². The second kappa shape index (κ2) is 6.62. The Balaban J connectivity index is 2.55. The number of hydrogen-bond acceptors (Lipinski definition) is 5. The van der Waals surface area contributed by atoms with Crippen molar-refractivity contribution in [1.82, 2.24) is 20.3 Å². The molecule has 1 rings (SSSR count). The number of nitrogens with zero attached hydrogens (tertiary/aromatic N) is 3. The number of carbonyl (C=O) groups is 1. The zero-order valence-electron chi connectivity index (χ0n) is 10.3. The summed E-state index contributed by atoms with van der Waals surface area (Å²) in [6, 6.07) is -0.146. The summed E-state index contributed by atoms with van der Waals surface area (Å²) in [4.78, 5) is 23.2. The number of carbonyl (C=O) groups excluding carboxylic acids is 1. The Bertz CT molecular complexity index is 383. The molecule has 7 nitrogen and oxygen atoms in total. The summed E-state index contributed by atoms with van der Waals surface area (Å²) in [6.07, 6.45) is 1.96. The molecule has 0 unspecified atom stereocenters. The van der Waals surface area contributed by atoms with E-state index in [1.165, 1.54) is 7.11 Å². The fourth-order valence-electron chi connectivity index (χ4n) is 1.13. The van der Waals surface area contributed by atoms with Gasteiger partial charge in [0.2, 0.25) is 5.95 Å². The molecule has 1 heterocycles. The molecule has 7 heteroatoms. The molecule has 17 heavy (non-hydrogen) atoms. The predicted octanol–water partition coefficient (Wildman–Crippen LogP) is 1.11. The molecule has 0 spiro atoms. The minimum atomic E-state index is -0.328. The van der Waals surface area contributed by atoms with E-state index in [-0.39, 0.29) is 18.0 Å². The number of methoxy groups -OCH3 is 1. The van der Waals surface area contributed by atoms with Crippen LogP contribution < -0.4 is 15.4 Å². The second-order valence-corrected chi connectivity index (χ2v) is 3.43. The summed E-state index contributed by atoms with van der Waals surface area (Å²) in [5.41, 5.74) is 0. The van der Waals surface area contributed by atoms with E-state index in [0.29, 0.717) is 12.4 Å². The fourth-order valence-corrected chi connectivity index (χ4v) is 1.13. The largest absolute Gasteiger partial charge is 0.467 e. The molecule has 2 amide bonds. The average molecular weight is 239 g/mol. The van der Waals surface area contributed by atoms with E-state index in [2.05, 4.69) is 32.5 Å². The Morgan fingerprint density at radius 2 is 2.12 bits per heavy atom. The molecule has 0 aromatic carbocycles. The summed E-state index contributed by atoms with van der Waals surface area (Å²) in [6.45, 7) is 4.38. The molecule has 2 N–H and O–H groups in total. The molecule has 0 aliphatic heterocycles.